The molecule has 2 aromatic carbocycles. The van der Waals surface area contributed by atoms with Gasteiger partial charge < -0.3 is 19.4 Å². The molecule has 1 aromatic heterocycles. The van der Waals surface area contributed by atoms with E-state index >= 15 is 0 Å². The molecule has 0 aliphatic rings. The van der Waals surface area contributed by atoms with Crippen LogP contribution in [-0.4, -0.2) is 24.2 Å². The summed E-state index contributed by atoms with van der Waals surface area (Å²) in [4.78, 5) is 24.5. The molecule has 26 heavy (non-hydrogen) atoms. The second-order valence-electron chi connectivity index (χ2n) is 5.69. The van der Waals surface area contributed by atoms with Crippen molar-refractivity contribution in [3.8, 4) is 11.5 Å². The maximum absolute atomic E-state index is 12.4. The number of benzene rings is 2. The predicted molar refractivity (Wildman–Crippen MR) is 101 cm³/mol. The minimum absolute atomic E-state index is 0.0712. The van der Waals surface area contributed by atoms with Crippen molar-refractivity contribution >= 4 is 22.4 Å². The summed E-state index contributed by atoms with van der Waals surface area (Å²) in [5.74, 6) is 0.939. The minimum Gasteiger partial charge on any atom is -0.497 e. The molecule has 0 radical (unpaired) electrons. The number of aromatic nitrogens is 1. The molecular weight excluding hydrogens is 332 g/mol. The van der Waals surface area contributed by atoms with Gasteiger partial charge >= 0.3 is 0 Å². The topological polar surface area (TPSA) is 69.6 Å². The SMILES string of the molecule is CCn1ccc2c(OCC(=O)Nc3ccc(OC)cc3)cccc2c1=O. The van der Waals surface area contributed by atoms with E-state index in [1.54, 1.807) is 60.3 Å². The van der Waals surface area contributed by atoms with Crippen LogP contribution in [0.3, 0.4) is 0 Å². The van der Waals surface area contributed by atoms with E-state index in [9.17, 15) is 9.59 Å². The third-order valence-electron chi connectivity index (χ3n) is 4.05. The first-order valence-electron chi connectivity index (χ1n) is 8.31. The van der Waals surface area contributed by atoms with Gasteiger partial charge in [-0.2, -0.15) is 0 Å². The van der Waals surface area contributed by atoms with E-state index in [0.717, 1.165) is 0 Å². The van der Waals surface area contributed by atoms with Gasteiger partial charge in [0.2, 0.25) is 0 Å². The molecule has 1 heterocycles. The van der Waals surface area contributed by atoms with E-state index in [2.05, 4.69) is 5.32 Å². The highest BCUT2D eigenvalue weighted by Crippen LogP contribution is 2.23. The Labute approximate surface area is 151 Å². The molecule has 1 N–H and O–H groups in total. The Bertz CT molecular complexity index is 977. The van der Waals surface area contributed by atoms with E-state index < -0.39 is 0 Å². The van der Waals surface area contributed by atoms with Crippen LogP contribution in [0.5, 0.6) is 11.5 Å². The first-order valence-corrected chi connectivity index (χ1v) is 8.31. The number of nitrogens with zero attached hydrogens (tertiary/aromatic N) is 1. The number of pyridine rings is 1. The number of fused-ring (bicyclic) bond motifs is 1. The molecule has 0 bridgehead atoms. The van der Waals surface area contributed by atoms with E-state index in [1.165, 1.54) is 0 Å². The molecule has 0 atom stereocenters. The summed E-state index contributed by atoms with van der Waals surface area (Å²) in [5.41, 5.74) is 0.585. The molecule has 0 unspecified atom stereocenters. The minimum atomic E-state index is -0.283. The highest BCUT2D eigenvalue weighted by molar-refractivity contribution is 5.92. The molecular formula is C20H20N2O4. The Morgan fingerprint density at radius 1 is 1.08 bits per heavy atom. The molecule has 0 aliphatic heterocycles. The molecule has 3 rings (SSSR count). The lowest BCUT2D eigenvalue weighted by Gasteiger charge is -2.11. The fraction of sp³-hybridized carbons (Fsp3) is 0.200. The van der Waals surface area contributed by atoms with Crippen LogP contribution in [0, 0.1) is 0 Å². The van der Waals surface area contributed by atoms with E-state index in [-0.39, 0.29) is 18.1 Å². The van der Waals surface area contributed by atoms with Gasteiger partial charge in [0.25, 0.3) is 11.5 Å². The van der Waals surface area contributed by atoms with Crippen LogP contribution in [0.15, 0.2) is 59.5 Å². The van der Waals surface area contributed by atoms with Crippen LogP contribution in [0.4, 0.5) is 5.69 Å². The molecule has 3 aromatic rings. The van der Waals surface area contributed by atoms with Crippen molar-refractivity contribution in [2.75, 3.05) is 19.0 Å². The third kappa shape index (κ3) is 3.69. The van der Waals surface area contributed by atoms with E-state index in [4.69, 9.17) is 9.47 Å². The molecule has 0 fully saturated rings. The molecule has 0 spiro atoms. The molecule has 6 heteroatoms. The molecule has 6 nitrogen and oxygen atoms in total. The van der Waals surface area contributed by atoms with Crippen LogP contribution in [0.25, 0.3) is 10.8 Å². The quantitative estimate of drug-likeness (QED) is 0.740. The van der Waals surface area contributed by atoms with Gasteiger partial charge in [-0.3, -0.25) is 9.59 Å². The lowest BCUT2D eigenvalue weighted by Crippen LogP contribution is -2.21. The number of methoxy groups -OCH3 is 1. The van der Waals surface area contributed by atoms with E-state index in [0.29, 0.717) is 34.5 Å². The number of carbonyl (C=O) groups excluding carboxylic acids is 1. The second-order valence-corrected chi connectivity index (χ2v) is 5.69. The van der Waals surface area contributed by atoms with Gasteiger partial charge in [0.15, 0.2) is 6.61 Å². The van der Waals surface area contributed by atoms with Crippen LogP contribution < -0.4 is 20.3 Å². The first-order chi connectivity index (χ1) is 12.6. The average molecular weight is 352 g/mol. The van der Waals surface area contributed by atoms with Gasteiger partial charge in [-0.15, -0.1) is 0 Å². The zero-order chi connectivity index (χ0) is 18.5. The van der Waals surface area contributed by atoms with Crippen molar-refractivity contribution in [2.24, 2.45) is 0 Å². The number of anilines is 1. The van der Waals surface area contributed by atoms with Gasteiger partial charge in [0.1, 0.15) is 11.5 Å². The summed E-state index contributed by atoms with van der Waals surface area (Å²) in [7, 11) is 1.58. The Morgan fingerprint density at radius 3 is 2.54 bits per heavy atom. The summed E-state index contributed by atoms with van der Waals surface area (Å²) in [6.07, 6.45) is 1.73. The van der Waals surface area contributed by atoms with Crippen molar-refractivity contribution in [1.29, 1.82) is 0 Å². The first kappa shape index (κ1) is 17.5. The summed E-state index contributed by atoms with van der Waals surface area (Å²) < 4.78 is 12.4. The largest absolute Gasteiger partial charge is 0.497 e. The Balaban J connectivity index is 1.71. The number of amides is 1. The normalized spacial score (nSPS) is 10.5. The number of aryl methyl sites for hydroxylation is 1. The van der Waals surface area contributed by atoms with Crippen LogP contribution >= 0.6 is 0 Å². The van der Waals surface area contributed by atoms with Gasteiger partial charge in [0, 0.05) is 23.8 Å². The number of hydrogen-bond donors (Lipinski definition) is 1. The lowest BCUT2D eigenvalue weighted by molar-refractivity contribution is -0.118. The Hall–Kier alpha value is -3.28. The Morgan fingerprint density at radius 2 is 1.85 bits per heavy atom. The summed E-state index contributed by atoms with van der Waals surface area (Å²) >= 11 is 0. The molecule has 1 amide bonds. The standard InChI is InChI=1S/C20H20N2O4/c1-3-22-12-11-16-17(20(22)24)5-4-6-18(16)26-13-19(23)21-14-7-9-15(25-2)10-8-14/h4-12H,3,13H2,1-2H3,(H,21,23). The number of carbonyl (C=O) groups is 1. The summed E-state index contributed by atoms with van der Waals surface area (Å²) in [6.45, 7) is 2.36. The van der Waals surface area contributed by atoms with Crippen molar-refractivity contribution in [3.63, 3.8) is 0 Å². The number of hydrogen-bond acceptors (Lipinski definition) is 4. The van der Waals surface area contributed by atoms with Gasteiger partial charge in [-0.25, -0.2) is 0 Å². The Kier molecular flexibility index (Phi) is 5.22. The summed E-state index contributed by atoms with van der Waals surface area (Å²) in [5, 5.41) is 4.02. The van der Waals surface area contributed by atoms with Crippen molar-refractivity contribution in [3.05, 3.63) is 65.1 Å². The molecule has 0 saturated heterocycles. The van der Waals surface area contributed by atoms with E-state index in [1.807, 2.05) is 13.0 Å². The highest BCUT2D eigenvalue weighted by atomic mass is 16.5. The number of rotatable bonds is 6. The molecule has 134 valence electrons. The van der Waals surface area contributed by atoms with Crippen LogP contribution in [0.2, 0.25) is 0 Å². The van der Waals surface area contributed by atoms with Gasteiger partial charge in [0.05, 0.1) is 12.5 Å². The molecule has 0 aliphatic carbocycles. The second kappa shape index (κ2) is 7.74. The fourth-order valence-electron chi connectivity index (χ4n) is 2.68. The number of nitrogens with one attached hydrogen (secondary N) is 1. The third-order valence-corrected chi connectivity index (χ3v) is 4.05. The monoisotopic (exact) mass is 352 g/mol. The lowest BCUT2D eigenvalue weighted by atomic mass is 10.1. The smallest absolute Gasteiger partial charge is 0.262 e. The van der Waals surface area contributed by atoms with Crippen LogP contribution in [-0.2, 0) is 11.3 Å². The predicted octanol–water partition coefficient (Wildman–Crippen LogP) is 3.05. The average Bonchev–Trinajstić information content (AvgIpc) is 2.67. The molecule has 0 saturated carbocycles. The summed E-state index contributed by atoms with van der Waals surface area (Å²) in [6, 6.07) is 14.1. The van der Waals surface area contributed by atoms with Gasteiger partial charge in [-0.1, -0.05) is 6.07 Å². The maximum Gasteiger partial charge on any atom is 0.262 e. The van der Waals surface area contributed by atoms with Crippen molar-refractivity contribution in [2.45, 2.75) is 13.5 Å². The number of ether oxygens (including phenoxy) is 2. The zero-order valence-electron chi connectivity index (χ0n) is 14.7. The highest BCUT2D eigenvalue weighted by Gasteiger charge is 2.09. The fourth-order valence-corrected chi connectivity index (χ4v) is 2.68. The zero-order valence-corrected chi connectivity index (χ0v) is 14.7. The van der Waals surface area contributed by atoms with Crippen molar-refractivity contribution in [1.82, 2.24) is 4.57 Å². The van der Waals surface area contributed by atoms with Gasteiger partial charge in [-0.05, 0) is 49.4 Å². The maximum atomic E-state index is 12.4. The van der Waals surface area contributed by atoms with Crippen LogP contribution in [0.1, 0.15) is 6.92 Å². The van der Waals surface area contributed by atoms with Crippen molar-refractivity contribution < 1.29 is 14.3 Å².